The smallest absolute Gasteiger partial charge is 0.304 e. The lowest BCUT2D eigenvalue weighted by atomic mass is 9.47. The predicted octanol–water partition coefficient (Wildman–Crippen LogP) is 5.37. The summed E-state index contributed by atoms with van der Waals surface area (Å²) in [6, 6.07) is 0. The second-order valence-electron chi connectivity index (χ2n) is 10.6. The highest BCUT2D eigenvalue weighted by Crippen LogP contribution is 2.67. The van der Waals surface area contributed by atoms with Crippen LogP contribution in [0.15, 0.2) is 24.3 Å². The van der Waals surface area contributed by atoms with E-state index in [0.29, 0.717) is 17.8 Å². The number of hydrogen-bond donors (Lipinski definition) is 0. The molecule has 3 fully saturated rings. The summed E-state index contributed by atoms with van der Waals surface area (Å²) in [4.78, 5) is 23.5. The minimum absolute atomic E-state index is 0.0273. The van der Waals surface area contributed by atoms with Gasteiger partial charge in [-0.1, -0.05) is 38.0 Å². The zero-order valence-corrected chi connectivity index (χ0v) is 19.5. The molecule has 0 aromatic heterocycles. The largest absolute Gasteiger partial charge is 0.462 e. The van der Waals surface area contributed by atoms with E-state index in [2.05, 4.69) is 38.3 Å². The van der Waals surface area contributed by atoms with Crippen molar-refractivity contribution in [3.8, 4) is 11.8 Å². The van der Waals surface area contributed by atoms with Gasteiger partial charge in [0.05, 0.1) is 0 Å². The molecular formula is C27H36O4. The van der Waals surface area contributed by atoms with Crippen molar-refractivity contribution in [1.82, 2.24) is 0 Å². The molecule has 0 amide bonds. The summed E-state index contributed by atoms with van der Waals surface area (Å²) in [6.45, 7) is 11.5. The zero-order valence-electron chi connectivity index (χ0n) is 19.5. The van der Waals surface area contributed by atoms with Gasteiger partial charge in [-0.2, -0.15) is 0 Å². The Kier molecular flexibility index (Phi) is 5.61. The number of esters is 2. The monoisotopic (exact) mass is 424 g/mol. The first-order chi connectivity index (χ1) is 14.6. The van der Waals surface area contributed by atoms with E-state index in [9.17, 15) is 9.59 Å². The molecule has 0 aromatic rings. The Balaban J connectivity index is 1.64. The highest BCUT2D eigenvalue weighted by Gasteiger charge is 2.65. The average Bonchev–Trinajstić information content (AvgIpc) is 2.98. The van der Waals surface area contributed by atoms with Gasteiger partial charge in [-0.25, -0.2) is 0 Å². The normalized spacial score (nSPS) is 43.2. The van der Waals surface area contributed by atoms with E-state index in [4.69, 9.17) is 9.47 Å². The van der Waals surface area contributed by atoms with Gasteiger partial charge in [-0.05, 0) is 80.1 Å². The molecule has 0 spiro atoms. The van der Waals surface area contributed by atoms with Crippen LogP contribution in [0.5, 0.6) is 0 Å². The molecule has 4 heteroatoms. The van der Waals surface area contributed by atoms with Gasteiger partial charge >= 0.3 is 11.9 Å². The molecule has 4 nitrogen and oxygen atoms in total. The quantitative estimate of drug-likeness (QED) is 0.340. The third-order valence-corrected chi connectivity index (χ3v) is 9.20. The third-order valence-electron chi connectivity index (χ3n) is 9.20. The Hall–Kier alpha value is -2.02. The van der Waals surface area contributed by atoms with E-state index >= 15 is 0 Å². The van der Waals surface area contributed by atoms with Gasteiger partial charge in [0, 0.05) is 25.7 Å². The zero-order chi connectivity index (χ0) is 22.4. The summed E-state index contributed by atoms with van der Waals surface area (Å²) in [5.41, 5.74) is 0.832. The van der Waals surface area contributed by atoms with E-state index < -0.39 is 5.60 Å². The number of allylic oxidation sites excluding steroid dienone is 2. The third kappa shape index (κ3) is 3.45. The van der Waals surface area contributed by atoms with Crippen molar-refractivity contribution in [1.29, 1.82) is 0 Å². The summed E-state index contributed by atoms with van der Waals surface area (Å²) in [5.74, 6) is 7.63. The van der Waals surface area contributed by atoms with Crippen LogP contribution < -0.4 is 0 Å². The van der Waals surface area contributed by atoms with E-state index in [1.165, 1.54) is 19.4 Å². The maximum Gasteiger partial charge on any atom is 0.304 e. The fourth-order valence-electron chi connectivity index (χ4n) is 7.77. The number of ether oxygens (including phenoxy) is 2. The summed E-state index contributed by atoms with van der Waals surface area (Å²) in [5, 5.41) is 0. The van der Waals surface area contributed by atoms with E-state index in [1.54, 1.807) is 6.08 Å². The van der Waals surface area contributed by atoms with Crippen LogP contribution in [-0.2, 0) is 19.1 Å². The first kappa shape index (κ1) is 22.2. The topological polar surface area (TPSA) is 52.6 Å². The highest BCUT2D eigenvalue weighted by molar-refractivity contribution is 5.67. The summed E-state index contributed by atoms with van der Waals surface area (Å²) < 4.78 is 11.6. The van der Waals surface area contributed by atoms with Crippen LogP contribution in [0.25, 0.3) is 0 Å². The van der Waals surface area contributed by atoms with Gasteiger partial charge in [0.25, 0.3) is 0 Å². The van der Waals surface area contributed by atoms with Crippen LogP contribution in [0.4, 0.5) is 0 Å². The second kappa shape index (κ2) is 7.84. The maximum atomic E-state index is 12.1. The number of fused-ring (bicyclic) bond motifs is 5. The molecule has 0 aliphatic heterocycles. The van der Waals surface area contributed by atoms with Crippen molar-refractivity contribution in [2.75, 3.05) is 0 Å². The Labute approximate surface area is 186 Å². The summed E-state index contributed by atoms with van der Waals surface area (Å²) >= 11 is 0. The molecule has 3 saturated carbocycles. The van der Waals surface area contributed by atoms with Crippen molar-refractivity contribution in [3.63, 3.8) is 0 Å². The minimum atomic E-state index is -0.708. The molecule has 0 saturated heterocycles. The van der Waals surface area contributed by atoms with Crippen LogP contribution in [-0.4, -0.2) is 23.6 Å². The van der Waals surface area contributed by atoms with Gasteiger partial charge in [0.2, 0.25) is 0 Å². The molecule has 4 aliphatic carbocycles. The fraction of sp³-hybridized carbons (Fsp3) is 0.704. The van der Waals surface area contributed by atoms with Crippen LogP contribution in [0.2, 0.25) is 0 Å². The van der Waals surface area contributed by atoms with Gasteiger partial charge < -0.3 is 9.47 Å². The van der Waals surface area contributed by atoms with Gasteiger partial charge in [-0.3, -0.25) is 9.59 Å². The van der Waals surface area contributed by atoms with Crippen molar-refractivity contribution < 1.29 is 19.1 Å². The molecule has 0 N–H and O–H groups in total. The number of carbonyl (C=O) groups excluding carboxylic acids is 2. The van der Waals surface area contributed by atoms with Crippen LogP contribution >= 0.6 is 0 Å². The fourth-order valence-corrected chi connectivity index (χ4v) is 7.77. The SMILES string of the molecule is C=CC#CC1(OC(C)=O)CCC2C3CC=C4CC(OC(C)=O)CCC4(C)C3CCC21C. The van der Waals surface area contributed by atoms with Crippen LogP contribution in [0.3, 0.4) is 0 Å². The van der Waals surface area contributed by atoms with Crippen molar-refractivity contribution in [2.45, 2.75) is 90.8 Å². The lowest BCUT2D eigenvalue weighted by Crippen LogP contribution is -2.55. The van der Waals surface area contributed by atoms with Crippen molar-refractivity contribution >= 4 is 11.9 Å². The van der Waals surface area contributed by atoms with Gasteiger partial charge in [0.1, 0.15) is 6.10 Å². The van der Waals surface area contributed by atoms with Crippen molar-refractivity contribution in [3.05, 3.63) is 24.3 Å². The molecule has 0 radical (unpaired) electrons. The van der Waals surface area contributed by atoms with E-state index in [0.717, 1.165) is 51.4 Å². The average molecular weight is 425 g/mol. The first-order valence-corrected chi connectivity index (χ1v) is 11.8. The maximum absolute atomic E-state index is 12.1. The number of hydrogen-bond acceptors (Lipinski definition) is 4. The van der Waals surface area contributed by atoms with Crippen LogP contribution in [0.1, 0.15) is 79.1 Å². The molecule has 4 aliphatic rings. The summed E-state index contributed by atoms with van der Waals surface area (Å²) in [7, 11) is 0. The molecule has 0 aromatic carbocycles. The number of carbonyl (C=O) groups is 2. The van der Waals surface area contributed by atoms with Gasteiger partial charge in [0.15, 0.2) is 5.60 Å². The minimum Gasteiger partial charge on any atom is -0.462 e. The standard InChI is InChI=1S/C27H36O4/c1-6-7-13-27(31-19(3)29)16-12-24-22-9-8-20-17-21(30-18(2)28)10-14-25(20,4)23(22)11-15-26(24,27)5/h6,8,21-24H,1,9-12,14-17H2,2-5H3. The molecule has 0 heterocycles. The Morgan fingerprint density at radius 3 is 2.52 bits per heavy atom. The highest BCUT2D eigenvalue weighted by atomic mass is 16.6. The molecule has 7 atom stereocenters. The van der Waals surface area contributed by atoms with E-state index in [1.807, 2.05) is 0 Å². The molecule has 4 rings (SSSR count). The summed E-state index contributed by atoms with van der Waals surface area (Å²) in [6.07, 6.45) is 12.0. The first-order valence-electron chi connectivity index (χ1n) is 11.8. The van der Waals surface area contributed by atoms with E-state index in [-0.39, 0.29) is 28.9 Å². The van der Waals surface area contributed by atoms with Crippen LogP contribution in [0, 0.1) is 40.4 Å². The molecule has 168 valence electrons. The predicted molar refractivity (Wildman–Crippen MR) is 120 cm³/mol. The molecular weight excluding hydrogens is 388 g/mol. The molecule has 7 unspecified atom stereocenters. The lowest BCUT2D eigenvalue weighted by Gasteiger charge is -2.58. The lowest BCUT2D eigenvalue weighted by molar-refractivity contribution is -0.168. The Morgan fingerprint density at radius 1 is 1.10 bits per heavy atom. The number of rotatable bonds is 2. The van der Waals surface area contributed by atoms with Crippen molar-refractivity contribution in [2.24, 2.45) is 28.6 Å². The molecule has 31 heavy (non-hydrogen) atoms. The van der Waals surface area contributed by atoms with Gasteiger partial charge in [-0.15, -0.1) is 0 Å². The second-order valence-corrected chi connectivity index (χ2v) is 10.6. The Bertz CT molecular complexity index is 875. The molecule has 0 bridgehead atoms. The Morgan fingerprint density at radius 2 is 1.84 bits per heavy atom.